The molecule has 0 saturated carbocycles. The van der Waals surface area contributed by atoms with E-state index in [1.165, 1.54) is 11.2 Å². The number of hydrogen-bond donors (Lipinski definition) is 2. The maximum atomic E-state index is 11.8. The number of rotatable bonds is 2. The molecule has 2 aromatic rings. The molecule has 1 amide bonds. The van der Waals surface area contributed by atoms with Gasteiger partial charge < -0.3 is 10.1 Å². The van der Waals surface area contributed by atoms with Crippen LogP contribution < -0.4 is 4.90 Å². The quantitative estimate of drug-likeness (QED) is 0.766. The smallest absolute Gasteiger partial charge is 0.235 e. The van der Waals surface area contributed by atoms with Crippen molar-refractivity contribution >= 4 is 34.6 Å². The third-order valence-electron chi connectivity index (χ3n) is 2.93. The van der Waals surface area contributed by atoms with Crippen molar-refractivity contribution in [3.63, 3.8) is 0 Å². The Morgan fingerprint density at radius 3 is 3.11 bits per heavy atom. The molecule has 1 fully saturated rings. The summed E-state index contributed by atoms with van der Waals surface area (Å²) in [5.74, 6) is 0.0512. The minimum absolute atomic E-state index is 0.0272. The lowest BCUT2D eigenvalue weighted by Crippen LogP contribution is -2.27. The molecule has 0 aliphatic carbocycles. The molecular formula is C10H10ClN5O2. The van der Waals surface area contributed by atoms with Crippen molar-refractivity contribution in [1.82, 2.24) is 19.9 Å². The number of nitrogens with zero attached hydrogens (tertiary/aromatic N) is 4. The normalized spacial score (nSPS) is 20.0. The van der Waals surface area contributed by atoms with E-state index in [0.29, 0.717) is 24.1 Å². The number of H-pyrrole nitrogens is 1. The molecule has 3 rings (SSSR count). The van der Waals surface area contributed by atoms with Crippen LogP contribution in [0.25, 0.3) is 11.2 Å². The molecule has 2 N–H and O–H groups in total. The molecule has 8 heteroatoms. The van der Waals surface area contributed by atoms with Gasteiger partial charge in [-0.15, -0.1) is 0 Å². The van der Waals surface area contributed by atoms with Crippen LogP contribution in [0.4, 0.5) is 5.95 Å². The molecular weight excluding hydrogens is 258 g/mol. The van der Waals surface area contributed by atoms with Gasteiger partial charge in [0.05, 0.1) is 6.33 Å². The lowest BCUT2D eigenvalue weighted by Gasteiger charge is -2.13. The first-order valence-electron chi connectivity index (χ1n) is 5.47. The van der Waals surface area contributed by atoms with Crippen LogP contribution in [0.15, 0.2) is 6.33 Å². The van der Waals surface area contributed by atoms with Crippen molar-refractivity contribution in [2.45, 2.75) is 6.42 Å². The van der Waals surface area contributed by atoms with Crippen LogP contribution in [0, 0.1) is 5.92 Å². The number of carbonyl (C=O) groups is 1. The lowest BCUT2D eigenvalue weighted by molar-refractivity contribution is -0.117. The molecule has 1 aliphatic rings. The topological polar surface area (TPSA) is 95.0 Å². The van der Waals surface area contributed by atoms with E-state index in [2.05, 4.69) is 19.9 Å². The van der Waals surface area contributed by atoms with Crippen LogP contribution in [0.1, 0.15) is 6.42 Å². The number of nitrogens with one attached hydrogen (secondary N) is 1. The molecule has 1 aliphatic heterocycles. The number of aromatic amines is 1. The van der Waals surface area contributed by atoms with Crippen LogP contribution in [0.5, 0.6) is 0 Å². The number of fused-ring (bicyclic) bond motifs is 1. The van der Waals surface area contributed by atoms with E-state index in [0.717, 1.165) is 0 Å². The van der Waals surface area contributed by atoms with Gasteiger partial charge in [-0.2, -0.15) is 9.97 Å². The number of anilines is 1. The second-order valence-corrected chi connectivity index (χ2v) is 4.53. The van der Waals surface area contributed by atoms with Gasteiger partial charge in [-0.05, 0) is 0 Å². The highest BCUT2D eigenvalue weighted by molar-refractivity contribution is 6.33. The summed E-state index contributed by atoms with van der Waals surface area (Å²) in [6.07, 6.45) is 1.77. The monoisotopic (exact) mass is 267 g/mol. The van der Waals surface area contributed by atoms with Crippen molar-refractivity contribution in [3.8, 4) is 0 Å². The Hall–Kier alpha value is -1.73. The van der Waals surface area contributed by atoms with Crippen molar-refractivity contribution in [3.05, 3.63) is 11.5 Å². The van der Waals surface area contributed by atoms with Crippen molar-refractivity contribution in [1.29, 1.82) is 0 Å². The van der Waals surface area contributed by atoms with Gasteiger partial charge in [0.2, 0.25) is 11.9 Å². The Balaban J connectivity index is 2.01. The third-order valence-corrected chi connectivity index (χ3v) is 3.21. The molecule has 1 atom stereocenters. The van der Waals surface area contributed by atoms with Gasteiger partial charge in [0.15, 0.2) is 10.8 Å². The van der Waals surface area contributed by atoms with Crippen LogP contribution in [-0.4, -0.2) is 44.1 Å². The first-order chi connectivity index (χ1) is 8.69. The van der Waals surface area contributed by atoms with Gasteiger partial charge in [0.1, 0.15) is 5.52 Å². The van der Waals surface area contributed by atoms with E-state index in [4.69, 9.17) is 16.7 Å². The molecule has 18 heavy (non-hydrogen) atoms. The minimum Gasteiger partial charge on any atom is -0.396 e. The van der Waals surface area contributed by atoms with Crippen LogP contribution in [-0.2, 0) is 4.79 Å². The zero-order chi connectivity index (χ0) is 12.7. The Labute approximate surface area is 107 Å². The average Bonchev–Trinajstić information content (AvgIpc) is 2.95. The fourth-order valence-corrected chi connectivity index (χ4v) is 2.22. The van der Waals surface area contributed by atoms with Crippen LogP contribution >= 0.6 is 11.6 Å². The number of hydrogen-bond acceptors (Lipinski definition) is 5. The highest BCUT2D eigenvalue weighted by Crippen LogP contribution is 2.25. The molecule has 7 nitrogen and oxygen atoms in total. The first kappa shape index (κ1) is 11.4. The summed E-state index contributed by atoms with van der Waals surface area (Å²) in [6.45, 7) is 0.377. The van der Waals surface area contributed by atoms with Crippen molar-refractivity contribution < 1.29 is 9.90 Å². The number of aliphatic hydroxyl groups is 1. The van der Waals surface area contributed by atoms with Crippen molar-refractivity contribution in [2.75, 3.05) is 18.1 Å². The van der Waals surface area contributed by atoms with E-state index in [-0.39, 0.29) is 29.5 Å². The first-order valence-corrected chi connectivity index (χ1v) is 5.84. The molecule has 0 spiro atoms. The summed E-state index contributed by atoms with van der Waals surface area (Å²) in [4.78, 5) is 28.3. The number of halogens is 1. The lowest BCUT2D eigenvalue weighted by atomic mass is 10.1. The second-order valence-electron chi connectivity index (χ2n) is 4.17. The van der Waals surface area contributed by atoms with E-state index < -0.39 is 0 Å². The number of carbonyl (C=O) groups excluding carboxylic acids is 1. The molecule has 0 aromatic carbocycles. The van der Waals surface area contributed by atoms with Crippen molar-refractivity contribution in [2.24, 2.45) is 5.92 Å². The Morgan fingerprint density at radius 2 is 2.39 bits per heavy atom. The number of amides is 1. The summed E-state index contributed by atoms with van der Waals surface area (Å²) in [7, 11) is 0. The Kier molecular flexibility index (Phi) is 2.64. The van der Waals surface area contributed by atoms with E-state index >= 15 is 0 Å². The number of aliphatic hydroxyl groups excluding tert-OH is 1. The second kappa shape index (κ2) is 4.18. The summed E-state index contributed by atoms with van der Waals surface area (Å²) in [5, 5.41) is 9.31. The SMILES string of the molecule is O=C1CC(CO)CN1c1nc(Cl)c2[nH]cnc2n1. The fraction of sp³-hybridized carbons (Fsp3) is 0.400. The maximum Gasteiger partial charge on any atom is 0.235 e. The van der Waals surface area contributed by atoms with Gasteiger partial charge in [-0.25, -0.2) is 4.98 Å². The summed E-state index contributed by atoms with van der Waals surface area (Å²) in [5.41, 5.74) is 0.969. The van der Waals surface area contributed by atoms with Gasteiger partial charge in [0, 0.05) is 25.5 Å². The van der Waals surface area contributed by atoms with E-state index in [1.54, 1.807) is 0 Å². The molecule has 3 heterocycles. The summed E-state index contributed by atoms with van der Waals surface area (Å²) >= 11 is 5.99. The fourth-order valence-electron chi connectivity index (χ4n) is 2.00. The molecule has 1 unspecified atom stereocenters. The molecule has 1 saturated heterocycles. The van der Waals surface area contributed by atoms with Gasteiger partial charge in [-0.3, -0.25) is 9.69 Å². The average molecular weight is 268 g/mol. The minimum atomic E-state index is -0.111. The van der Waals surface area contributed by atoms with Gasteiger partial charge >= 0.3 is 0 Å². The highest BCUT2D eigenvalue weighted by Gasteiger charge is 2.32. The number of aromatic nitrogens is 4. The van der Waals surface area contributed by atoms with Gasteiger partial charge in [-0.1, -0.05) is 11.6 Å². The number of imidazole rings is 1. The predicted molar refractivity (Wildman–Crippen MR) is 64.2 cm³/mol. The zero-order valence-electron chi connectivity index (χ0n) is 9.30. The van der Waals surface area contributed by atoms with Crippen LogP contribution in [0.2, 0.25) is 5.15 Å². The molecule has 94 valence electrons. The largest absolute Gasteiger partial charge is 0.396 e. The third kappa shape index (κ3) is 1.72. The van der Waals surface area contributed by atoms with E-state index in [1.807, 2.05) is 0 Å². The Morgan fingerprint density at radius 1 is 1.56 bits per heavy atom. The highest BCUT2D eigenvalue weighted by atomic mass is 35.5. The standard InChI is InChI=1S/C10H10ClN5O2/c11-8-7-9(13-4-12-7)15-10(14-8)16-2-5(3-17)1-6(16)18/h4-5,17H,1-3H2,(H,12,13,14,15). The predicted octanol–water partition coefficient (Wildman–Crippen LogP) is 0.351. The molecule has 2 aromatic heterocycles. The summed E-state index contributed by atoms with van der Waals surface area (Å²) < 4.78 is 0. The summed E-state index contributed by atoms with van der Waals surface area (Å²) in [6, 6.07) is 0. The van der Waals surface area contributed by atoms with E-state index in [9.17, 15) is 4.79 Å². The van der Waals surface area contributed by atoms with Crippen LogP contribution in [0.3, 0.4) is 0 Å². The van der Waals surface area contributed by atoms with Gasteiger partial charge in [0.25, 0.3) is 0 Å². The Bertz CT molecular complexity index is 613. The maximum absolute atomic E-state index is 11.8. The molecule has 0 radical (unpaired) electrons. The molecule has 0 bridgehead atoms. The zero-order valence-corrected chi connectivity index (χ0v) is 10.1.